The van der Waals surface area contributed by atoms with Gasteiger partial charge in [-0.25, -0.2) is 0 Å². The van der Waals surface area contributed by atoms with Crippen LogP contribution in [0.2, 0.25) is 0 Å². The largest absolute Gasteiger partial charge is 0.383 e. The molecule has 1 atom stereocenters. The van der Waals surface area contributed by atoms with Crippen LogP contribution in [0.15, 0.2) is 25.0 Å². The average Bonchev–Trinajstić information content (AvgIpc) is 2.71. The van der Waals surface area contributed by atoms with Crippen molar-refractivity contribution in [2.75, 3.05) is 6.54 Å². The van der Waals surface area contributed by atoms with Crippen LogP contribution in [0, 0.1) is 0 Å². The van der Waals surface area contributed by atoms with E-state index in [2.05, 4.69) is 17.0 Å². The molecule has 94 valence electrons. The highest BCUT2D eigenvalue weighted by molar-refractivity contribution is 5.76. The fourth-order valence-electron chi connectivity index (χ4n) is 1.39. The molecule has 1 aromatic rings. The van der Waals surface area contributed by atoms with Crippen LogP contribution in [0.25, 0.3) is 0 Å². The van der Waals surface area contributed by atoms with Crippen molar-refractivity contribution in [1.82, 2.24) is 15.1 Å². The zero-order valence-electron chi connectivity index (χ0n) is 10.3. The predicted molar refractivity (Wildman–Crippen MR) is 65.2 cm³/mol. The molecule has 5 nitrogen and oxygen atoms in total. The molecular weight excluding hydrogens is 218 g/mol. The first-order chi connectivity index (χ1) is 7.95. The third-order valence-electron chi connectivity index (χ3n) is 2.53. The Kier molecular flexibility index (Phi) is 4.45. The summed E-state index contributed by atoms with van der Waals surface area (Å²) in [6, 6.07) is 0. The zero-order chi connectivity index (χ0) is 12.9. The maximum Gasteiger partial charge on any atom is 0.220 e. The third-order valence-corrected chi connectivity index (χ3v) is 2.53. The summed E-state index contributed by atoms with van der Waals surface area (Å²) in [5, 5.41) is 16.9. The number of hydrogen-bond acceptors (Lipinski definition) is 3. The molecule has 0 saturated carbocycles. The second kappa shape index (κ2) is 5.63. The van der Waals surface area contributed by atoms with E-state index in [1.54, 1.807) is 37.1 Å². The summed E-state index contributed by atoms with van der Waals surface area (Å²) in [4.78, 5) is 11.4. The van der Waals surface area contributed by atoms with Crippen LogP contribution >= 0.6 is 0 Å². The maximum atomic E-state index is 11.4. The first-order valence-electron chi connectivity index (χ1n) is 5.55. The molecule has 17 heavy (non-hydrogen) atoms. The molecular formula is C12H19N3O2. The number of allylic oxidation sites excluding steroid dienone is 1. The number of nitrogens with zero attached hydrogens (tertiary/aromatic N) is 2. The number of aryl methyl sites for hydroxylation is 1. The standard InChI is InChI=1S/C12H19N3O2/c1-4-5-6-11(16)13-9-12(2,17)10-7-14-15(3)8-10/h4,7-8,17H,1,5-6,9H2,2-3H3,(H,13,16). The summed E-state index contributed by atoms with van der Waals surface area (Å²) in [6.07, 6.45) is 6.05. The van der Waals surface area contributed by atoms with Gasteiger partial charge in [0.05, 0.1) is 12.7 Å². The van der Waals surface area contributed by atoms with E-state index < -0.39 is 5.60 Å². The zero-order valence-corrected chi connectivity index (χ0v) is 10.3. The summed E-state index contributed by atoms with van der Waals surface area (Å²) in [5.41, 5.74) is -0.415. The minimum absolute atomic E-state index is 0.0888. The lowest BCUT2D eigenvalue weighted by Gasteiger charge is -2.22. The lowest BCUT2D eigenvalue weighted by Crippen LogP contribution is -2.38. The first-order valence-corrected chi connectivity index (χ1v) is 5.55. The molecule has 0 aliphatic rings. The van der Waals surface area contributed by atoms with Gasteiger partial charge in [0.25, 0.3) is 0 Å². The molecule has 5 heteroatoms. The van der Waals surface area contributed by atoms with Crippen LogP contribution in [0.3, 0.4) is 0 Å². The van der Waals surface area contributed by atoms with Crippen molar-refractivity contribution in [2.45, 2.75) is 25.4 Å². The van der Waals surface area contributed by atoms with Crippen molar-refractivity contribution in [3.63, 3.8) is 0 Å². The third kappa shape index (κ3) is 4.03. The Hall–Kier alpha value is -1.62. The van der Waals surface area contributed by atoms with Gasteiger partial charge >= 0.3 is 0 Å². The highest BCUT2D eigenvalue weighted by atomic mass is 16.3. The smallest absolute Gasteiger partial charge is 0.220 e. The van der Waals surface area contributed by atoms with E-state index in [4.69, 9.17) is 0 Å². The van der Waals surface area contributed by atoms with Gasteiger partial charge in [-0.15, -0.1) is 6.58 Å². The molecule has 0 aliphatic heterocycles. The van der Waals surface area contributed by atoms with E-state index in [-0.39, 0.29) is 12.5 Å². The summed E-state index contributed by atoms with van der Waals surface area (Å²) in [6.45, 7) is 5.38. The second-order valence-corrected chi connectivity index (χ2v) is 4.28. The minimum Gasteiger partial charge on any atom is -0.383 e. The van der Waals surface area contributed by atoms with Crippen LogP contribution in [0.1, 0.15) is 25.3 Å². The number of amides is 1. The van der Waals surface area contributed by atoms with Crippen molar-refractivity contribution in [2.24, 2.45) is 7.05 Å². The van der Waals surface area contributed by atoms with Crippen molar-refractivity contribution in [1.29, 1.82) is 0 Å². The van der Waals surface area contributed by atoms with Gasteiger partial charge in [0.1, 0.15) is 5.60 Å². The molecule has 1 heterocycles. The number of hydrogen-bond donors (Lipinski definition) is 2. The van der Waals surface area contributed by atoms with Crippen LogP contribution in [-0.2, 0) is 17.4 Å². The Morgan fingerprint density at radius 1 is 1.76 bits per heavy atom. The fourth-order valence-corrected chi connectivity index (χ4v) is 1.39. The van der Waals surface area contributed by atoms with Gasteiger partial charge in [-0.2, -0.15) is 5.10 Å². The lowest BCUT2D eigenvalue weighted by molar-refractivity contribution is -0.122. The predicted octanol–water partition coefficient (Wildman–Crippen LogP) is 0.710. The number of carbonyl (C=O) groups excluding carboxylic acids is 1. The number of nitrogens with one attached hydrogen (secondary N) is 1. The van der Waals surface area contributed by atoms with Crippen molar-refractivity contribution in [3.8, 4) is 0 Å². The fraction of sp³-hybridized carbons (Fsp3) is 0.500. The van der Waals surface area contributed by atoms with Crippen LogP contribution in [0.4, 0.5) is 0 Å². The average molecular weight is 237 g/mol. The van der Waals surface area contributed by atoms with E-state index in [0.717, 1.165) is 0 Å². The van der Waals surface area contributed by atoms with Crippen LogP contribution in [0.5, 0.6) is 0 Å². The van der Waals surface area contributed by atoms with E-state index in [9.17, 15) is 9.90 Å². The van der Waals surface area contributed by atoms with Crippen LogP contribution < -0.4 is 5.32 Å². The lowest BCUT2D eigenvalue weighted by atomic mass is 10.00. The molecule has 0 saturated heterocycles. The number of aliphatic hydroxyl groups is 1. The molecule has 1 aromatic heterocycles. The number of carbonyl (C=O) groups is 1. The Morgan fingerprint density at radius 3 is 3.00 bits per heavy atom. The topological polar surface area (TPSA) is 67.2 Å². The quantitative estimate of drug-likeness (QED) is 0.716. The van der Waals surface area contributed by atoms with E-state index in [0.29, 0.717) is 18.4 Å². The maximum absolute atomic E-state index is 11.4. The molecule has 0 fully saturated rings. The minimum atomic E-state index is -1.10. The van der Waals surface area contributed by atoms with Crippen LogP contribution in [-0.4, -0.2) is 27.3 Å². The van der Waals surface area contributed by atoms with Gasteiger partial charge in [-0.1, -0.05) is 6.08 Å². The van der Waals surface area contributed by atoms with Gasteiger partial charge in [-0.05, 0) is 13.3 Å². The molecule has 0 radical (unpaired) electrons. The number of aromatic nitrogens is 2. The summed E-state index contributed by atoms with van der Waals surface area (Å²) in [7, 11) is 1.78. The molecule has 0 aromatic carbocycles. The monoisotopic (exact) mass is 237 g/mol. The Balaban J connectivity index is 2.49. The number of rotatable bonds is 6. The van der Waals surface area contributed by atoms with Gasteiger partial charge < -0.3 is 10.4 Å². The second-order valence-electron chi connectivity index (χ2n) is 4.28. The SMILES string of the molecule is C=CCCC(=O)NCC(C)(O)c1cnn(C)c1. The summed E-state index contributed by atoms with van der Waals surface area (Å²) >= 11 is 0. The van der Waals surface area contributed by atoms with Gasteiger partial charge in [0.2, 0.25) is 5.91 Å². The summed E-state index contributed by atoms with van der Waals surface area (Å²) < 4.78 is 1.61. The van der Waals surface area contributed by atoms with Gasteiger partial charge in [-0.3, -0.25) is 9.48 Å². The van der Waals surface area contributed by atoms with E-state index >= 15 is 0 Å². The van der Waals surface area contributed by atoms with Crippen molar-refractivity contribution < 1.29 is 9.90 Å². The molecule has 1 amide bonds. The van der Waals surface area contributed by atoms with Gasteiger partial charge in [0.15, 0.2) is 0 Å². The molecule has 1 unspecified atom stereocenters. The summed E-state index contributed by atoms with van der Waals surface area (Å²) in [5.74, 6) is -0.0888. The molecule has 0 spiro atoms. The molecule has 0 aliphatic carbocycles. The highest BCUT2D eigenvalue weighted by Gasteiger charge is 2.25. The Labute approximate surface area is 101 Å². The molecule has 1 rings (SSSR count). The van der Waals surface area contributed by atoms with E-state index in [1.165, 1.54) is 0 Å². The van der Waals surface area contributed by atoms with E-state index in [1.807, 2.05) is 0 Å². The molecule has 0 bridgehead atoms. The first kappa shape index (κ1) is 13.4. The Bertz CT molecular complexity index is 396. The highest BCUT2D eigenvalue weighted by Crippen LogP contribution is 2.18. The van der Waals surface area contributed by atoms with Gasteiger partial charge in [0, 0.05) is 25.2 Å². The Morgan fingerprint density at radius 2 is 2.47 bits per heavy atom. The molecule has 2 N–H and O–H groups in total. The normalized spacial score (nSPS) is 14.1. The van der Waals surface area contributed by atoms with Crippen molar-refractivity contribution in [3.05, 3.63) is 30.6 Å². The van der Waals surface area contributed by atoms with Crippen molar-refractivity contribution >= 4 is 5.91 Å².